The van der Waals surface area contributed by atoms with E-state index in [9.17, 15) is 15.3 Å². The van der Waals surface area contributed by atoms with Crippen LogP contribution in [0.4, 0.5) is 0 Å². The standard InChI is InChI=1S/C13H21NO3/c1-4-10(8(2)3)14-7-9-5-6-11(15)13(17)12(9)16/h5-6,8,10,14-17H,4,7H2,1-3H3. The Kier molecular flexibility index (Phi) is 4.63. The highest BCUT2D eigenvalue weighted by atomic mass is 16.3. The topological polar surface area (TPSA) is 72.7 Å². The summed E-state index contributed by atoms with van der Waals surface area (Å²) in [5.74, 6) is -0.506. The Balaban J connectivity index is 2.73. The van der Waals surface area contributed by atoms with Gasteiger partial charge in [-0.2, -0.15) is 0 Å². The SMILES string of the molecule is CCC(NCc1ccc(O)c(O)c1O)C(C)C. The Bertz CT molecular complexity index is 377. The van der Waals surface area contributed by atoms with E-state index in [4.69, 9.17) is 0 Å². The maximum absolute atomic E-state index is 9.65. The average molecular weight is 239 g/mol. The van der Waals surface area contributed by atoms with Gasteiger partial charge in [-0.25, -0.2) is 0 Å². The van der Waals surface area contributed by atoms with Crippen LogP contribution in [0.25, 0.3) is 0 Å². The second kappa shape index (κ2) is 5.77. The molecule has 0 aromatic heterocycles. The fourth-order valence-electron chi connectivity index (χ4n) is 1.85. The van der Waals surface area contributed by atoms with Crippen molar-refractivity contribution in [2.24, 2.45) is 5.92 Å². The maximum Gasteiger partial charge on any atom is 0.200 e. The van der Waals surface area contributed by atoms with Crippen LogP contribution < -0.4 is 5.32 Å². The van der Waals surface area contributed by atoms with Gasteiger partial charge in [-0.3, -0.25) is 0 Å². The van der Waals surface area contributed by atoms with Gasteiger partial charge in [-0.05, 0) is 18.4 Å². The van der Waals surface area contributed by atoms with Crippen LogP contribution in [0.2, 0.25) is 0 Å². The number of phenols is 3. The predicted octanol–water partition coefficient (Wildman–Crippen LogP) is 2.33. The molecule has 0 spiro atoms. The predicted molar refractivity (Wildman–Crippen MR) is 67.2 cm³/mol. The molecule has 0 aliphatic rings. The van der Waals surface area contributed by atoms with Crippen molar-refractivity contribution < 1.29 is 15.3 Å². The zero-order chi connectivity index (χ0) is 13.0. The van der Waals surface area contributed by atoms with Gasteiger partial charge in [0.2, 0.25) is 5.75 Å². The second-order valence-corrected chi connectivity index (χ2v) is 4.58. The van der Waals surface area contributed by atoms with E-state index in [1.54, 1.807) is 6.07 Å². The first-order chi connectivity index (χ1) is 7.97. The highest BCUT2D eigenvalue weighted by Crippen LogP contribution is 2.36. The Labute approximate surface area is 102 Å². The van der Waals surface area contributed by atoms with Gasteiger partial charge in [0.15, 0.2) is 11.5 Å². The number of aromatic hydroxyl groups is 3. The van der Waals surface area contributed by atoms with Crippen LogP contribution in [0.1, 0.15) is 32.8 Å². The number of hydrogen-bond donors (Lipinski definition) is 4. The van der Waals surface area contributed by atoms with Crippen LogP contribution in [0, 0.1) is 5.92 Å². The summed E-state index contributed by atoms with van der Waals surface area (Å²) in [7, 11) is 0. The first-order valence-electron chi connectivity index (χ1n) is 5.93. The molecule has 0 aliphatic heterocycles. The number of hydrogen-bond acceptors (Lipinski definition) is 4. The number of rotatable bonds is 5. The third-order valence-electron chi connectivity index (χ3n) is 3.01. The summed E-state index contributed by atoms with van der Waals surface area (Å²) < 4.78 is 0. The van der Waals surface area contributed by atoms with E-state index in [2.05, 4.69) is 26.1 Å². The minimum atomic E-state index is -0.457. The zero-order valence-corrected chi connectivity index (χ0v) is 10.6. The molecule has 1 rings (SSSR count). The quantitative estimate of drug-likeness (QED) is 0.595. The number of nitrogens with one attached hydrogen (secondary N) is 1. The van der Waals surface area contributed by atoms with Crippen LogP contribution in [-0.2, 0) is 6.54 Å². The molecule has 0 fully saturated rings. The van der Waals surface area contributed by atoms with Crippen molar-refractivity contribution in [1.82, 2.24) is 5.32 Å². The fraction of sp³-hybridized carbons (Fsp3) is 0.538. The molecule has 4 nitrogen and oxygen atoms in total. The summed E-state index contributed by atoms with van der Waals surface area (Å²) in [6.07, 6.45) is 1.00. The summed E-state index contributed by atoms with van der Waals surface area (Å²) in [5.41, 5.74) is 0.583. The Morgan fingerprint density at radius 1 is 1.12 bits per heavy atom. The average Bonchev–Trinajstić information content (AvgIpc) is 2.29. The Hall–Kier alpha value is -1.42. The molecule has 1 aromatic carbocycles. The van der Waals surface area contributed by atoms with Crippen molar-refractivity contribution in [2.75, 3.05) is 0 Å². The lowest BCUT2D eigenvalue weighted by atomic mass is 10.0. The van der Waals surface area contributed by atoms with Crippen molar-refractivity contribution >= 4 is 0 Å². The minimum Gasteiger partial charge on any atom is -0.504 e. The van der Waals surface area contributed by atoms with Gasteiger partial charge in [0.25, 0.3) is 0 Å². The largest absolute Gasteiger partial charge is 0.504 e. The van der Waals surface area contributed by atoms with Crippen LogP contribution in [-0.4, -0.2) is 21.4 Å². The van der Waals surface area contributed by atoms with Crippen LogP contribution in [0.5, 0.6) is 17.2 Å². The van der Waals surface area contributed by atoms with Gasteiger partial charge in [-0.15, -0.1) is 0 Å². The van der Waals surface area contributed by atoms with E-state index in [1.165, 1.54) is 6.07 Å². The molecule has 0 saturated heterocycles. The van der Waals surface area contributed by atoms with Crippen molar-refractivity contribution in [2.45, 2.75) is 39.8 Å². The smallest absolute Gasteiger partial charge is 0.200 e. The molecule has 0 bridgehead atoms. The second-order valence-electron chi connectivity index (χ2n) is 4.58. The Morgan fingerprint density at radius 3 is 2.29 bits per heavy atom. The molecule has 17 heavy (non-hydrogen) atoms. The molecule has 1 aromatic rings. The van der Waals surface area contributed by atoms with Crippen molar-refractivity contribution in [1.29, 1.82) is 0 Å². The van der Waals surface area contributed by atoms with E-state index < -0.39 is 5.75 Å². The maximum atomic E-state index is 9.65. The van der Waals surface area contributed by atoms with Gasteiger partial charge >= 0.3 is 0 Å². The molecule has 4 N–H and O–H groups in total. The molecule has 0 amide bonds. The molecule has 0 radical (unpaired) electrons. The van der Waals surface area contributed by atoms with Crippen LogP contribution in [0.15, 0.2) is 12.1 Å². The van der Waals surface area contributed by atoms with Gasteiger partial charge in [0, 0.05) is 18.2 Å². The molecular weight excluding hydrogens is 218 g/mol. The molecule has 0 saturated carbocycles. The van der Waals surface area contributed by atoms with E-state index in [0.717, 1.165) is 6.42 Å². The molecule has 0 heterocycles. The lowest BCUT2D eigenvalue weighted by molar-refractivity contribution is 0.356. The highest BCUT2D eigenvalue weighted by molar-refractivity contribution is 5.52. The van der Waals surface area contributed by atoms with Gasteiger partial charge in [0.1, 0.15) is 0 Å². The summed E-state index contributed by atoms with van der Waals surface area (Å²) >= 11 is 0. The molecule has 0 aliphatic carbocycles. The van der Waals surface area contributed by atoms with E-state index in [1.807, 2.05) is 0 Å². The van der Waals surface area contributed by atoms with Crippen LogP contribution in [0.3, 0.4) is 0 Å². The Morgan fingerprint density at radius 2 is 1.76 bits per heavy atom. The third kappa shape index (κ3) is 3.27. The van der Waals surface area contributed by atoms with Crippen molar-refractivity contribution in [3.05, 3.63) is 17.7 Å². The molecule has 1 unspecified atom stereocenters. The fourth-order valence-corrected chi connectivity index (χ4v) is 1.85. The summed E-state index contributed by atoms with van der Waals surface area (Å²) in [4.78, 5) is 0. The van der Waals surface area contributed by atoms with Crippen molar-refractivity contribution in [3.8, 4) is 17.2 Å². The first kappa shape index (κ1) is 13.6. The molecular formula is C13H21NO3. The third-order valence-corrected chi connectivity index (χ3v) is 3.01. The normalized spacial score (nSPS) is 12.9. The zero-order valence-electron chi connectivity index (χ0n) is 10.6. The molecule has 1 atom stereocenters. The minimum absolute atomic E-state index is 0.254. The summed E-state index contributed by atoms with van der Waals surface area (Å²) in [6.45, 7) is 6.84. The van der Waals surface area contributed by atoms with Gasteiger partial charge in [-0.1, -0.05) is 26.8 Å². The number of phenolic OH excluding ortho intramolecular Hbond substituents is 3. The lowest BCUT2D eigenvalue weighted by Crippen LogP contribution is -2.32. The summed E-state index contributed by atoms with van der Waals surface area (Å²) in [6, 6.07) is 3.35. The van der Waals surface area contributed by atoms with Gasteiger partial charge in [0.05, 0.1) is 0 Å². The monoisotopic (exact) mass is 239 g/mol. The van der Waals surface area contributed by atoms with Crippen molar-refractivity contribution in [3.63, 3.8) is 0 Å². The number of benzene rings is 1. The molecule has 96 valence electrons. The molecule has 4 heteroatoms. The van der Waals surface area contributed by atoms with E-state index in [0.29, 0.717) is 24.1 Å². The summed E-state index contributed by atoms with van der Waals surface area (Å²) in [5, 5.41) is 31.6. The lowest BCUT2D eigenvalue weighted by Gasteiger charge is -2.21. The van der Waals surface area contributed by atoms with Crippen LogP contribution >= 0.6 is 0 Å². The first-order valence-corrected chi connectivity index (χ1v) is 5.93. The van der Waals surface area contributed by atoms with E-state index >= 15 is 0 Å². The van der Waals surface area contributed by atoms with Gasteiger partial charge < -0.3 is 20.6 Å². The van der Waals surface area contributed by atoms with E-state index in [-0.39, 0.29) is 11.5 Å². The highest BCUT2D eigenvalue weighted by Gasteiger charge is 2.14.